The Morgan fingerprint density at radius 3 is 2.78 bits per heavy atom. The molecule has 5 heteroatoms. The van der Waals surface area contributed by atoms with Gasteiger partial charge in [0.1, 0.15) is 11.5 Å². The molecule has 0 saturated heterocycles. The maximum absolute atomic E-state index is 11.9. The van der Waals surface area contributed by atoms with Gasteiger partial charge >= 0.3 is 0 Å². The third-order valence-electron chi connectivity index (χ3n) is 2.48. The van der Waals surface area contributed by atoms with Crippen LogP contribution < -0.4 is 11.1 Å². The molecule has 1 heterocycles. The molecule has 3 N–H and O–H groups in total. The third-order valence-corrected chi connectivity index (χ3v) is 3.42. The molecule has 0 saturated carbocycles. The Balaban J connectivity index is 2.01. The molecule has 0 aliphatic heterocycles. The zero-order valence-electron chi connectivity index (χ0n) is 9.87. The van der Waals surface area contributed by atoms with Crippen LogP contribution in [0.5, 0.6) is 0 Å². The molecule has 0 unspecified atom stereocenters. The summed E-state index contributed by atoms with van der Waals surface area (Å²) in [7, 11) is 0. The fourth-order valence-corrected chi connectivity index (χ4v) is 2.03. The van der Waals surface area contributed by atoms with Gasteiger partial charge in [0.05, 0.1) is 6.54 Å². The zero-order chi connectivity index (χ0) is 13.1. The number of carbonyl (C=O) groups excluding carboxylic acids is 1. The number of halogens is 1. The number of nitrogens with one attached hydrogen (secondary N) is 1. The SMILES string of the molecule is Cc1ccc(CNC(=O)c2ccc(N)c(I)c2)o1. The van der Waals surface area contributed by atoms with E-state index in [-0.39, 0.29) is 5.91 Å². The van der Waals surface area contributed by atoms with E-state index >= 15 is 0 Å². The first-order valence-electron chi connectivity index (χ1n) is 5.45. The number of nitrogens with two attached hydrogens (primary N) is 1. The average molecular weight is 356 g/mol. The van der Waals surface area contributed by atoms with Crippen molar-refractivity contribution in [2.45, 2.75) is 13.5 Å². The van der Waals surface area contributed by atoms with Gasteiger partial charge in [-0.2, -0.15) is 0 Å². The molecule has 1 amide bonds. The smallest absolute Gasteiger partial charge is 0.251 e. The molecule has 1 aromatic heterocycles. The fraction of sp³-hybridized carbons (Fsp3) is 0.154. The summed E-state index contributed by atoms with van der Waals surface area (Å²) < 4.78 is 6.25. The second kappa shape index (κ2) is 5.43. The normalized spacial score (nSPS) is 10.3. The number of aryl methyl sites for hydroxylation is 1. The minimum absolute atomic E-state index is 0.137. The number of rotatable bonds is 3. The van der Waals surface area contributed by atoms with E-state index < -0.39 is 0 Å². The maximum Gasteiger partial charge on any atom is 0.251 e. The number of carbonyl (C=O) groups is 1. The molecular weight excluding hydrogens is 343 g/mol. The van der Waals surface area contributed by atoms with Crippen LogP contribution in [0.1, 0.15) is 21.9 Å². The minimum Gasteiger partial charge on any atom is -0.465 e. The Morgan fingerprint density at radius 2 is 2.17 bits per heavy atom. The van der Waals surface area contributed by atoms with Crippen LogP contribution in [0.15, 0.2) is 34.7 Å². The predicted molar refractivity (Wildman–Crippen MR) is 78.2 cm³/mol. The summed E-state index contributed by atoms with van der Waals surface area (Å²) in [6.45, 7) is 2.25. The largest absolute Gasteiger partial charge is 0.465 e. The van der Waals surface area contributed by atoms with E-state index in [1.807, 2.05) is 19.1 Å². The summed E-state index contributed by atoms with van der Waals surface area (Å²) in [5.74, 6) is 1.44. The molecule has 0 atom stereocenters. The molecule has 94 valence electrons. The van der Waals surface area contributed by atoms with Gasteiger partial charge in [-0.3, -0.25) is 4.79 Å². The van der Waals surface area contributed by atoms with E-state index in [4.69, 9.17) is 10.2 Å². The van der Waals surface area contributed by atoms with E-state index in [0.717, 1.165) is 15.1 Å². The highest BCUT2D eigenvalue weighted by molar-refractivity contribution is 14.1. The highest BCUT2D eigenvalue weighted by atomic mass is 127. The topological polar surface area (TPSA) is 68.3 Å². The summed E-state index contributed by atoms with van der Waals surface area (Å²) >= 11 is 2.10. The van der Waals surface area contributed by atoms with Gasteiger partial charge in [-0.05, 0) is 59.8 Å². The minimum atomic E-state index is -0.137. The van der Waals surface area contributed by atoms with Crippen LogP contribution in [0, 0.1) is 10.5 Å². The summed E-state index contributed by atoms with van der Waals surface area (Å²) in [4.78, 5) is 11.9. The van der Waals surface area contributed by atoms with Crippen LogP contribution >= 0.6 is 22.6 Å². The van der Waals surface area contributed by atoms with Gasteiger partial charge in [-0.15, -0.1) is 0 Å². The molecule has 18 heavy (non-hydrogen) atoms. The summed E-state index contributed by atoms with van der Waals surface area (Å²) in [6.07, 6.45) is 0. The Hall–Kier alpha value is -1.50. The van der Waals surface area contributed by atoms with Gasteiger partial charge in [0.25, 0.3) is 5.91 Å². The Bertz CT molecular complexity index is 578. The van der Waals surface area contributed by atoms with Crippen molar-refractivity contribution in [2.24, 2.45) is 0 Å². The molecule has 2 rings (SSSR count). The van der Waals surface area contributed by atoms with Crippen molar-refractivity contribution in [3.63, 3.8) is 0 Å². The average Bonchev–Trinajstić information content (AvgIpc) is 2.75. The molecule has 0 spiro atoms. The van der Waals surface area contributed by atoms with Crippen LogP contribution in [-0.4, -0.2) is 5.91 Å². The van der Waals surface area contributed by atoms with Crippen LogP contribution in [0.25, 0.3) is 0 Å². The molecule has 1 aromatic carbocycles. The first-order valence-corrected chi connectivity index (χ1v) is 6.52. The lowest BCUT2D eigenvalue weighted by atomic mass is 10.2. The first kappa shape index (κ1) is 12.9. The molecular formula is C13H13IN2O2. The van der Waals surface area contributed by atoms with Crippen LogP contribution in [0.2, 0.25) is 0 Å². The first-order chi connectivity index (χ1) is 8.56. The highest BCUT2D eigenvalue weighted by Crippen LogP contribution is 2.16. The van der Waals surface area contributed by atoms with Crippen LogP contribution in [0.4, 0.5) is 5.69 Å². The summed E-state index contributed by atoms with van der Waals surface area (Å²) in [6, 6.07) is 8.92. The number of benzene rings is 1. The van der Waals surface area contributed by atoms with Crippen molar-refractivity contribution in [1.29, 1.82) is 0 Å². The lowest BCUT2D eigenvalue weighted by Crippen LogP contribution is -2.22. The second-order valence-corrected chi connectivity index (χ2v) is 5.09. The number of anilines is 1. The third kappa shape index (κ3) is 3.04. The number of furan rings is 1. The van der Waals surface area contributed by atoms with E-state index in [1.54, 1.807) is 18.2 Å². The molecule has 0 aliphatic rings. The highest BCUT2D eigenvalue weighted by Gasteiger charge is 2.08. The van der Waals surface area contributed by atoms with Crippen LogP contribution in [0.3, 0.4) is 0 Å². The standard InChI is InChI=1S/C13H13IN2O2/c1-8-2-4-10(18-8)7-16-13(17)9-3-5-12(15)11(14)6-9/h2-6H,7,15H2,1H3,(H,16,17). The quantitative estimate of drug-likeness (QED) is 0.656. The molecule has 4 nitrogen and oxygen atoms in total. The van der Waals surface area contributed by atoms with E-state index in [2.05, 4.69) is 27.9 Å². The van der Waals surface area contributed by atoms with Gasteiger partial charge in [0, 0.05) is 14.8 Å². The maximum atomic E-state index is 11.9. The predicted octanol–water partition coefficient (Wildman–Crippen LogP) is 2.70. The van der Waals surface area contributed by atoms with Gasteiger partial charge in [0.15, 0.2) is 0 Å². The molecule has 0 bridgehead atoms. The molecule has 2 aromatic rings. The van der Waals surface area contributed by atoms with Gasteiger partial charge in [0.2, 0.25) is 0 Å². The lowest BCUT2D eigenvalue weighted by molar-refractivity contribution is 0.0948. The Labute approximate surface area is 119 Å². The number of hydrogen-bond donors (Lipinski definition) is 2. The lowest BCUT2D eigenvalue weighted by Gasteiger charge is -2.05. The fourth-order valence-electron chi connectivity index (χ4n) is 1.52. The van der Waals surface area contributed by atoms with Gasteiger partial charge in [-0.25, -0.2) is 0 Å². The van der Waals surface area contributed by atoms with Crippen molar-refractivity contribution in [2.75, 3.05) is 5.73 Å². The van der Waals surface area contributed by atoms with E-state index in [0.29, 0.717) is 17.8 Å². The van der Waals surface area contributed by atoms with Crippen LogP contribution in [-0.2, 0) is 6.54 Å². The number of amides is 1. The molecule has 0 fully saturated rings. The summed E-state index contributed by atoms with van der Waals surface area (Å²) in [5, 5.41) is 2.80. The zero-order valence-corrected chi connectivity index (χ0v) is 12.0. The Kier molecular flexibility index (Phi) is 3.90. The van der Waals surface area contributed by atoms with Crippen molar-refractivity contribution < 1.29 is 9.21 Å². The van der Waals surface area contributed by atoms with Gasteiger partial charge < -0.3 is 15.5 Å². The molecule has 0 aliphatic carbocycles. The van der Waals surface area contributed by atoms with Crippen molar-refractivity contribution in [3.8, 4) is 0 Å². The number of nitrogen functional groups attached to an aromatic ring is 1. The monoisotopic (exact) mass is 356 g/mol. The second-order valence-electron chi connectivity index (χ2n) is 3.93. The Morgan fingerprint density at radius 1 is 1.39 bits per heavy atom. The van der Waals surface area contributed by atoms with Crippen molar-refractivity contribution in [3.05, 3.63) is 51.0 Å². The van der Waals surface area contributed by atoms with Crippen molar-refractivity contribution in [1.82, 2.24) is 5.32 Å². The molecule has 0 radical (unpaired) electrons. The number of hydrogen-bond acceptors (Lipinski definition) is 3. The van der Waals surface area contributed by atoms with E-state index in [9.17, 15) is 4.79 Å². The summed E-state index contributed by atoms with van der Waals surface area (Å²) in [5.41, 5.74) is 6.97. The van der Waals surface area contributed by atoms with Gasteiger partial charge in [-0.1, -0.05) is 0 Å². The van der Waals surface area contributed by atoms with Crippen molar-refractivity contribution >= 4 is 34.2 Å². The van der Waals surface area contributed by atoms with E-state index in [1.165, 1.54) is 0 Å².